The second-order valence-electron chi connectivity index (χ2n) is 6.16. The minimum atomic E-state index is -0.576. The molecule has 27 heavy (non-hydrogen) atoms. The lowest BCUT2D eigenvalue weighted by Gasteiger charge is -2.20. The van der Waals surface area contributed by atoms with Gasteiger partial charge in [0.1, 0.15) is 11.4 Å². The molecule has 1 aromatic heterocycles. The Hall–Kier alpha value is -3.07. The van der Waals surface area contributed by atoms with Crippen LogP contribution in [0.2, 0.25) is 5.02 Å². The first kappa shape index (κ1) is 18.7. The lowest BCUT2D eigenvalue weighted by Crippen LogP contribution is -2.26. The number of nitrogens with two attached hydrogens (primary N) is 1. The molecule has 1 fully saturated rings. The molecule has 0 bridgehead atoms. The van der Waals surface area contributed by atoms with Gasteiger partial charge in [0.15, 0.2) is 0 Å². The molecule has 0 spiro atoms. The minimum absolute atomic E-state index is 0.271. The van der Waals surface area contributed by atoms with E-state index in [0.717, 1.165) is 12.8 Å². The molecule has 9 nitrogen and oxygen atoms in total. The van der Waals surface area contributed by atoms with Crippen molar-refractivity contribution in [2.75, 3.05) is 29.6 Å². The highest BCUT2D eigenvalue weighted by Gasteiger charge is 2.30. The summed E-state index contributed by atoms with van der Waals surface area (Å²) < 4.78 is 0. The maximum absolute atomic E-state index is 11.7. The summed E-state index contributed by atoms with van der Waals surface area (Å²) in [6.07, 6.45) is 3.51. The van der Waals surface area contributed by atoms with Crippen LogP contribution in [0.4, 0.5) is 27.9 Å². The van der Waals surface area contributed by atoms with Gasteiger partial charge in [-0.3, -0.25) is 4.79 Å². The summed E-state index contributed by atoms with van der Waals surface area (Å²) in [6, 6.07) is 5.00. The molecular formula is C17H20ClN7O2. The van der Waals surface area contributed by atoms with E-state index in [1.54, 1.807) is 18.2 Å². The molecule has 0 radical (unpaired) electrons. The van der Waals surface area contributed by atoms with E-state index in [4.69, 9.17) is 17.3 Å². The average molecular weight is 390 g/mol. The molecule has 0 atom stereocenters. The molecule has 2 aromatic rings. The summed E-state index contributed by atoms with van der Waals surface area (Å²) in [5.74, 6) is 0.212. The number of nitrogens with one attached hydrogen (secondary N) is 3. The first-order chi connectivity index (χ1) is 12.9. The quantitative estimate of drug-likeness (QED) is 0.600. The molecule has 1 aromatic carbocycles. The van der Waals surface area contributed by atoms with Crippen LogP contribution in [0.15, 0.2) is 24.4 Å². The van der Waals surface area contributed by atoms with Gasteiger partial charge in [-0.2, -0.15) is 4.98 Å². The Morgan fingerprint density at radius 1 is 1.33 bits per heavy atom. The molecule has 1 saturated carbocycles. The van der Waals surface area contributed by atoms with Gasteiger partial charge in [-0.1, -0.05) is 11.6 Å². The summed E-state index contributed by atoms with van der Waals surface area (Å²) in [6.45, 7) is 0. The van der Waals surface area contributed by atoms with Gasteiger partial charge in [-0.05, 0) is 31.0 Å². The molecule has 1 aliphatic rings. The highest BCUT2D eigenvalue weighted by Crippen LogP contribution is 2.32. The Balaban J connectivity index is 1.87. The third-order valence-corrected chi connectivity index (χ3v) is 4.49. The molecule has 0 aliphatic heterocycles. The fraction of sp³-hybridized carbons (Fsp3) is 0.294. The number of rotatable bonds is 6. The molecule has 0 saturated heterocycles. The topological polar surface area (TPSA) is 125 Å². The van der Waals surface area contributed by atoms with Crippen molar-refractivity contribution in [3.8, 4) is 0 Å². The van der Waals surface area contributed by atoms with Crippen molar-refractivity contribution in [2.24, 2.45) is 5.73 Å². The first-order valence-electron chi connectivity index (χ1n) is 8.34. The van der Waals surface area contributed by atoms with E-state index >= 15 is 0 Å². The van der Waals surface area contributed by atoms with E-state index in [1.807, 2.05) is 11.9 Å². The number of aromatic nitrogens is 2. The normalized spacial score (nSPS) is 13.0. The summed E-state index contributed by atoms with van der Waals surface area (Å²) in [5.41, 5.74) is 6.77. The maximum atomic E-state index is 11.7. The Morgan fingerprint density at radius 3 is 2.70 bits per heavy atom. The van der Waals surface area contributed by atoms with Gasteiger partial charge in [-0.25, -0.2) is 9.78 Å². The smallest absolute Gasteiger partial charge is 0.319 e. The van der Waals surface area contributed by atoms with Gasteiger partial charge in [0, 0.05) is 32.0 Å². The van der Waals surface area contributed by atoms with Gasteiger partial charge in [-0.15, -0.1) is 0 Å². The Kier molecular flexibility index (Phi) is 5.31. The zero-order chi connectivity index (χ0) is 19.6. The molecule has 1 heterocycles. The number of hydrogen-bond acceptors (Lipinski definition) is 6. The first-order valence-corrected chi connectivity index (χ1v) is 8.72. The molecular weight excluding hydrogens is 370 g/mol. The number of hydrogen-bond donors (Lipinski definition) is 4. The summed E-state index contributed by atoms with van der Waals surface area (Å²) in [4.78, 5) is 33.8. The van der Waals surface area contributed by atoms with Crippen molar-refractivity contribution in [3.63, 3.8) is 0 Å². The van der Waals surface area contributed by atoms with E-state index in [9.17, 15) is 9.59 Å². The van der Waals surface area contributed by atoms with Crippen molar-refractivity contribution in [2.45, 2.75) is 18.9 Å². The van der Waals surface area contributed by atoms with Crippen LogP contribution in [0.3, 0.4) is 0 Å². The monoisotopic (exact) mass is 389 g/mol. The number of urea groups is 1. The summed E-state index contributed by atoms with van der Waals surface area (Å²) in [7, 11) is 3.39. The fourth-order valence-corrected chi connectivity index (χ4v) is 2.69. The van der Waals surface area contributed by atoms with Crippen molar-refractivity contribution in [1.82, 2.24) is 15.3 Å². The van der Waals surface area contributed by atoms with E-state index in [-0.39, 0.29) is 11.6 Å². The van der Waals surface area contributed by atoms with Crippen molar-refractivity contribution in [1.29, 1.82) is 0 Å². The number of nitrogens with zero attached hydrogens (tertiary/aromatic N) is 3. The minimum Gasteiger partial charge on any atom is -0.365 e. The summed E-state index contributed by atoms with van der Waals surface area (Å²) >= 11 is 6.10. The number of halogens is 1. The second-order valence-corrected chi connectivity index (χ2v) is 6.57. The SMILES string of the molecule is CNC(=O)Nc1cc(Nc2ncc(C(N)=O)c(N(C)C3CC3)n2)ccc1Cl. The Morgan fingerprint density at radius 2 is 2.07 bits per heavy atom. The van der Waals surface area contributed by atoms with E-state index < -0.39 is 5.91 Å². The van der Waals surface area contributed by atoms with Crippen molar-refractivity contribution >= 4 is 46.7 Å². The summed E-state index contributed by atoms with van der Waals surface area (Å²) in [5, 5.41) is 8.53. The van der Waals surface area contributed by atoms with Crippen LogP contribution in [-0.2, 0) is 0 Å². The lowest BCUT2D eigenvalue weighted by atomic mass is 10.2. The van der Waals surface area contributed by atoms with Gasteiger partial charge in [0.2, 0.25) is 5.95 Å². The molecule has 142 valence electrons. The third-order valence-electron chi connectivity index (χ3n) is 4.16. The molecule has 0 unspecified atom stereocenters. The second kappa shape index (κ2) is 7.67. The average Bonchev–Trinajstić information content (AvgIpc) is 3.48. The highest BCUT2D eigenvalue weighted by molar-refractivity contribution is 6.33. The van der Waals surface area contributed by atoms with Crippen LogP contribution in [0.1, 0.15) is 23.2 Å². The number of benzene rings is 1. The number of primary amides is 1. The van der Waals surface area contributed by atoms with Crippen LogP contribution >= 0.6 is 11.6 Å². The maximum Gasteiger partial charge on any atom is 0.319 e. The number of carbonyl (C=O) groups excluding carboxylic acids is 2. The van der Waals surface area contributed by atoms with Crippen LogP contribution in [0, 0.1) is 0 Å². The standard InChI is InChI=1S/C17H20ClN7O2/c1-20-17(27)23-13-7-9(3-6-12(13)18)22-16-21-8-11(14(19)26)15(24-16)25(2)10-4-5-10/h3,6-8,10H,4-5H2,1-2H3,(H2,19,26)(H2,20,23,27)(H,21,22,24). The zero-order valence-corrected chi connectivity index (χ0v) is 15.7. The molecule has 3 amide bonds. The van der Waals surface area contributed by atoms with Crippen LogP contribution in [-0.4, -0.2) is 42.0 Å². The van der Waals surface area contributed by atoms with Crippen LogP contribution in [0.5, 0.6) is 0 Å². The highest BCUT2D eigenvalue weighted by atomic mass is 35.5. The van der Waals surface area contributed by atoms with Crippen molar-refractivity contribution in [3.05, 3.63) is 35.0 Å². The molecule has 3 rings (SSSR count). The number of anilines is 4. The zero-order valence-electron chi connectivity index (χ0n) is 14.9. The van der Waals surface area contributed by atoms with E-state index in [1.165, 1.54) is 13.2 Å². The molecule has 5 N–H and O–H groups in total. The predicted molar refractivity (Wildman–Crippen MR) is 105 cm³/mol. The van der Waals surface area contributed by atoms with Gasteiger partial charge in [0.25, 0.3) is 5.91 Å². The van der Waals surface area contributed by atoms with Gasteiger partial charge >= 0.3 is 6.03 Å². The van der Waals surface area contributed by atoms with E-state index in [2.05, 4.69) is 25.9 Å². The number of carbonyl (C=O) groups is 2. The largest absolute Gasteiger partial charge is 0.365 e. The number of amides is 3. The molecule has 10 heteroatoms. The van der Waals surface area contributed by atoms with Crippen LogP contribution in [0.25, 0.3) is 0 Å². The van der Waals surface area contributed by atoms with E-state index in [0.29, 0.717) is 34.2 Å². The predicted octanol–water partition coefficient (Wildman–Crippen LogP) is 2.32. The van der Waals surface area contributed by atoms with Crippen LogP contribution < -0.4 is 26.6 Å². The third kappa shape index (κ3) is 4.37. The fourth-order valence-electron chi connectivity index (χ4n) is 2.52. The van der Waals surface area contributed by atoms with Gasteiger partial charge < -0.3 is 26.6 Å². The molecule has 1 aliphatic carbocycles. The van der Waals surface area contributed by atoms with Crippen molar-refractivity contribution < 1.29 is 9.59 Å². The Labute approximate surface area is 161 Å². The van der Waals surface area contributed by atoms with Gasteiger partial charge in [0.05, 0.1) is 10.7 Å². The Bertz CT molecular complexity index is 886. The lowest BCUT2D eigenvalue weighted by molar-refractivity contribution is 0.1000.